The predicted octanol–water partition coefficient (Wildman–Crippen LogP) is 3.88. The summed E-state index contributed by atoms with van der Waals surface area (Å²) < 4.78 is 0.573. The van der Waals surface area contributed by atoms with Crippen LogP contribution < -0.4 is 5.32 Å². The zero-order valence-electron chi connectivity index (χ0n) is 11.7. The smallest absolute Gasteiger partial charge is 0.283 e. The Kier molecular flexibility index (Phi) is 3.47. The Labute approximate surface area is 121 Å². The highest BCUT2D eigenvalue weighted by molar-refractivity contribution is 9.10. The SMILES string of the molecule is CC1(C)C(NCc2cccc([N+](=O)[O-])c2Br)C1(C)C. The summed E-state index contributed by atoms with van der Waals surface area (Å²) in [5, 5.41) is 14.4. The van der Waals surface area contributed by atoms with Gasteiger partial charge in [0.1, 0.15) is 0 Å². The Bertz CT molecular complexity index is 512. The summed E-state index contributed by atoms with van der Waals surface area (Å²) in [6.07, 6.45) is 0. The maximum atomic E-state index is 10.9. The van der Waals surface area contributed by atoms with Gasteiger partial charge in [0.05, 0.1) is 9.40 Å². The van der Waals surface area contributed by atoms with Crippen LogP contribution in [0.2, 0.25) is 0 Å². The first kappa shape index (κ1) is 14.5. The van der Waals surface area contributed by atoms with Gasteiger partial charge in [-0.25, -0.2) is 0 Å². The van der Waals surface area contributed by atoms with Crippen molar-refractivity contribution in [3.63, 3.8) is 0 Å². The average molecular weight is 327 g/mol. The van der Waals surface area contributed by atoms with Crippen molar-refractivity contribution < 1.29 is 4.92 Å². The summed E-state index contributed by atoms with van der Waals surface area (Å²) in [6.45, 7) is 9.61. The molecular weight excluding hydrogens is 308 g/mol. The number of nitrogens with zero attached hydrogens (tertiary/aromatic N) is 1. The van der Waals surface area contributed by atoms with Crippen molar-refractivity contribution in [3.8, 4) is 0 Å². The first-order valence-corrected chi connectivity index (χ1v) is 7.14. The molecule has 19 heavy (non-hydrogen) atoms. The Balaban J connectivity index is 2.10. The molecular formula is C14H19BrN2O2. The van der Waals surface area contributed by atoms with E-state index in [0.29, 0.717) is 17.1 Å². The minimum absolute atomic E-state index is 0.119. The summed E-state index contributed by atoms with van der Waals surface area (Å²) in [5.41, 5.74) is 1.57. The van der Waals surface area contributed by atoms with Gasteiger partial charge in [0.25, 0.3) is 5.69 Å². The molecule has 1 aliphatic rings. The molecule has 0 radical (unpaired) electrons. The van der Waals surface area contributed by atoms with E-state index in [2.05, 4.69) is 48.9 Å². The van der Waals surface area contributed by atoms with Crippen LogP contribution in [0.15, 0.2) is 22.7 Å². The lowest BCUT2D eigenvalue weighted by Gasteiger charge is -2.08. The van der Waals surface area contributed by atoms with Crippen LogP contribution in [0.1, 0.15) is 33.3 Å². The van der Waals surface area contributed by atoms with E-state index in [4.69, 9.17) is 0 Å². The third kappa shape index (κ3) is 2.30. The molecule has 1 saturated carbocycles. The van der Waals surface area contributed by atoms with Crippen LogP contribution in [0, 0.1) is 20.9 Å². The van der Waals surface area contributed by atoms with Gasteiger partial charge >= 0.3 is 0 Å². The van der Waals surface area contributed by atoms with Crippen LogP contribution in [-0.4, -0.2) is 11.0 Å². The molecule has 2 rings (SSSR count). The summed E-state index contributed by atoms with van der Waals surface area (Å²) in [7, 11) is 0. The summed E-state index contributed by atoms with van der Waals surface area (Å²) >= 11 is 3.33. The highest BCUT2D eigenvalue weighted by Gasteiger charge is 2.64. The summed E-state index contributed by atoms with van der Waals surface area (Å²) in [6, 6.07) is 5.58. The van der Waals surface area contributed by atoms with Gasteiger partial charge in [-0.05, 0) is 32.3 Å². The van der Waals surface area contributed by atoms with Crippen molar-refractivity contribution in [1.29, 1.82) is 0 Å². The number of nitro groups is 1. The molecule has 0 amide bonds. The van der Waals surface area contributed by atoms with Crippen LogP contribution in [0.3, 0.4) is 0 Å². The van der Waals surface area contributed by atoms with Crippen LogP contribution in [0.25, 0.3) is 0 Å². The first-order chi connectivity index (χ1) is 8.69. The molecule has 0 heterocycles. The fourth-order valence-corrected chi connectivity index (χ4v) is 3.31. The number of nitrogens with one attached hydrogen (secondary N) is 1. The van der Waals surface area contributed by atoms with E-state index in [1.165, 1.54) is 6.07 Å². The van der Waals surface area contributed by atoms with E-state index in [9.17, 15) is 10.1 Å². The van der Waals surface area contributed by atoms with Crippen molar-refractivity contribution in [2.24, 2.45) is 10.8 Å². The van der Waals surface area contributed by atoms with Gasteiger partial charge in [-0.1, -0.05) is 39.8 Å². The molecule has 0 saturated heterocycles. The summed E-state index contributed by atoms with van der Waals surface area (Å²) in [5.74, 6) is 0. The standard InChI is InChI=1S/C14H19BrN2O2/c1-13(2)12(14(13,3)4)16-8-9-6-5-7-10(11(9)15)17(18)19/h5-7,12,16H,8H2,1-4H3. The maximum Gasteiger partial charge on any atom is 0.283 e. The Morgan fingerprint density at radius 3 is 2.37 bits per heavy atom. The van der Waals surface area contributed by atoms with Gasteiger partial charge < -0.3 is 5.32 Å². The number of hydrogen-bond acceptors (Lipinski definition) is 3. The van der Waals surface area contributed by atoms with Gasteiger partial charge in [-0.15, -0.1) is 0 Å². The lowest BCUT2D eigenvalue weighted by molar-refractivity contribution is -0.385. The first-order valence-electron chi connectivity index (χ1n) is 6.34. The molecule has 0 aromatic heterocycles. The van der Waals surface area contributed by atoms with Crippen LogP contribution in [-0.2, 0) is 6.54 Å². The number of hydrogen-bond donors (Lipinski definition) is 1. The van der Waals surface area contributed by atoms with Crippen molar-refractivity contribution in [2.45, 2.75) is 40.3 Å². The monoisotopic (exact) mass is 326 g/mol. The molecule has 1 aromatic rings. The summed E-state index contributed by atoms with van der Waals surface area (Å²) in [4.78, 5) is 10.5. The van der Waals surface area contributed by atoms with Crippen molar-refractivity contribution in [2.75, 3.05) is 0 Å². The fourth-order valence-electron chi connectivity index (χ4n) is 2.76. The predicted molar refractivity (Wildman–Crippen MR) is 79.0 cm³/mol. The Morgan fingerprint density at radius 2 is 1.89 bits per heavy atom. The molecule has 1 N–H and O–H groups in total. The van der Waals surface area contributed by atoms with Gasteiger partial charge in [0, 0.05) is 18.7 Å². The highest BCUT2D eigenvalue weighted by Crippen LogP contribution is 2.62. The van der Waals surface area contributed by atoms with Gasteiger partial charge in [0.15, 0.2) is 0 Å². The van der Waals surface area contributed by atoms with E-state index >= 15 is 0 Å². The van der Waals surface area contributed by atoms with Crippen molar-refractivity contribution >= 4 is 21.6 Å². The normalized spacial score (nSPS) is 20.3. The number of benzene rings is 1. The second-order valence-corrected chi connectivity index (χ2v) is 7.06. The fraction of sp³-hybridized carbons (Fsp3) is 0.571. The largest absolute Gasteiger partial charge is 0.309 e. The molecule has 104 valence electrons. The molecule has 0 unspecified atom stereocenters. The number of nitro benzene ring substituents is 1. The molecule has 0 atom stereocenters. The van der Waals surface area contributed by atoms with Crippen LogP contribution in [0.5, 0.6) is 0 Å². The third-order valence-corrected chi connectivity index (χ3v) is 5.69. The number of halogens is 1. The maximum absolute atomic E-state index is 10.9. The third-order valence-electron chi connectivity index (χ3n) is 4.77. The minimum atomic E-state index is -0.363. The number of rotatable bonds is 4. The van der Waals surface area contributed by atoms with Crippen molar-refractivity contribution in [3.05, 3.63) is 38.3 Å². The molecule has 1 aliphatic carbocycles. The van der Waals surface area contributed by atoms with E-state index in [0.717, 1.165) is 5.56 Å². The molecule has 4 nitrogen and oxygen atoms in total. The Morgan fingerprint density at radius 1 is 1.32 bits per heavy atom. The van der Waals surface area contributed by atoms with E-state index in [-0.39, 0.29) is 21.4 Å². The van der Waals surface area contributed by atoms with Crippen LogP contribution >= 0.6 is 15.9 Å². The average Bonchev–Trinajstić information content (AvgIpc) is 2.68. The lowest BCUT2D eigenvalue weighted by Crippen LogP contribution is -2.22. The van der Waals surface area contributed by atoms with Gasteiger partial charge in [-0.2, -0.15) is 0 Å². The van der Waals surface area contributed by atoms with Gasteiger partial charge in [-0.3, -0.25) is 10.1 Å². The zero-order valence-corrected chi connectivity index (χ0v) is 13.2. The highest BCUT2D eigenvalue weighted by atomic mass is 79.9. The van der Waals surface area contributed by atoms with E-state index < -0.39 is 0 Å². The van der Waals surface area contributed by atoms with Crippen LogP contribution in [0.4, 0.5) is 5.69 Å². The molecule has 5 heteroatoms. The lowest BCUT2D eigenvalue weighted by atomic mass is 10.0. The molecule has 1 fully saturated rings. The second-order valence-electron chi connectivity index (χ2n) is 6.26. The Hall–Kier alpha value is -0.940. The van der Waals surface area contributed by atoms with Gasteiger partial charge in [0.2, 0.25) is 0 Å². The molecule has 0 spiro atoms. The quantitative estimate of drug-likeness (QED) is 0.674. The molecule has 1 aromatic carbocycles. The van der Waals surface area contributed by atoms with Crippen molar-refractivity contribution in [1.82, 2.24) is 5.32 Å². The zero-order chi connectivity index (χ0) is 14.4. The molecule has 0 bridgehead atoms. The second kappa shape index (κ2) is 4.56. The molecule has 0 aliphatic heterocycles. The van der Waals surface area contributed by atoms with E-state index in [1.54, 1.807) is 6.07 Å². The van der Waals surface area contributed by atoms with E-state index in [1.807, 2.05) is 6.07 Å². The topological polar surface area (TPSA) is 55.2 Å². The minimum Gasteiger partial charge on any atom is -0.309 e.